The summed E-state index contributed by atoms with van der Waals surface area (Å²) in [5.41, 5.74) is 1.78. The highest BCUT2D eigenvalue weighted by Gasteiger charge is 2.15. The summed E-state index contributed by atoms with van der Waals surface area (Å²) < 4.78 is 34.3. The van der Waals surface area contributed by atoms with E-state index in [1.54, 1.807) is 19.2 Å². The van der Waals surface area contributed by atoms with E-state index in [1.807, 2.05) is 29.8 Å². The van der Waals surface area contributed by atoms with E-state index in [0.29, 0.717) is 11.4 Å². The summed E-state index contributed by atoms with van der Waals surface area (Å²) in [6.07, 6.45) is 0.466. The molecule has 25 heavy (non-hydrogen) atoms. The maximum atomic E-state index is 12.3. The zero-order valence-corrected chi connectivity index (χ0v) is 15.4. The van der Waals surface area contributed by atoms with Gasteiger partial charge >= 0.3 is 0 Å². The van der Waals surface area contributed by atoms with Crippen molar-refractivity contribution in [1.29, 1.82) is 0 Å². The van der Waals surface area contributed by atoms with Crippen molar-refractivity contribution in [3.63, 3.8) is 0 Å². The molecule has 0 aliphatic carbocycles. The summed E-state index contributed by atoms with van der Waals surface area (Å²) in [5, 5.41) is 0.382. The van der Waals surface area contributed by atoms with Gasteiger partial charge in [0.1, 0.15) is 11.6 Å². The normalized spacial score (nSPS) is 11.8. The molecule has 0 saturated heterocycles. The Bertz CT molecular complexity index is 1020. The lowest BCUT2D eigenvalue weighted by Gasteiger charge is -2.07. The highest BCUT2D eigenvalue weighted by molar-refractivity contribution is 7.89. The molecule has 3 rings (SSSR count). The van der Waals surface area contributed by atoms with Crippen molar-refractivity contribution in [2.45, 2.75) is 11.3 Å². The molecule has 0 bridgehead atoms. The number of aryl methyl sites for hydroxylation is 1. The Morgan fingerprint density at radius 3 is 2.76 bits per heavy atom. The molecule has 132 valence electrons. The number of hydrogen-bond acceptors (Lipinski definition) is 4. The quantitative estimate of drug-likeness (QED) is 0.714. The third-order valence-electron chi connectivity index (χ3n) is 3.93. The van der Waals surface area contributed by atoms with Gasteiger partial charge in [0.25, 0.3) is 0 Å². The maximum Gasteiger partial charge on any atom is 0.240 e. The summed E-state index contributed by atoms with van der Waals surface area (Å²) in [6.45, 7) is 0.239. The smallest absolute Gasteiger partial charge is 0.240 e. The van der Waals surface area contributed by atoms with E-state index in [0.717, 1.165) is 22.6 Å². The molecule has 0 radical (unpaired) electrons. The fraction of sp³-hybridized carbons (Fsp3) is 0.235. The first-order valence-electron chi connectivity index (χ1n) is 7.65. The molecule has 0 atom stereocenters. The molecular weight excluding hydrogens is 362 g/mol. The molecule has 1 N–H and O–H groups in total. The molecule has 6 nitrogen and oxygen atoms in total. The monoisotopic (exact) mass is 379 g/mol. The van der Waals surface area contributed by atoms with Crippen molar-refractivity contribution in [3.8, 4) is 5.75 Å². The van der Waals surface area contributed by atoms with Gasteiger partial charge < -0.3 is 9.30 Å². The van der Waals surface area contributed by atoms with Crippen LogP contribution in [0.4, 0.5) is 0 Å². The van der Waals surface area contributed by atoms with Crippen molar-refractivity contribution in [2.75, 3.05) is 13.7 Å². The first-order valence-corrected chi connectivity index (χ1v) is 9.51. The van der Waals surface area contributed by atoms with E-state index in [-0.39, 0.29) is 11.4 Å². The lowest BCUT2D eigenvalue weighted by atomic mass is 10.3. The average molecular weight is 380 g/mol. The number of methoxy groups -OCH3 is 1. The molecule has 0 amide bonds. The van der Waals surface area contributed by atoms with Gasteiger partial charge in [-0.2, -0.15) is 0 Å². The van der Waals surface area contributed by atoms with Crippen molar-refractivity contribution in [1.82, 2.24) is 14.3 Å². The number of sulfonamides is 1. The SMILES string of the molecule is COc1ccc2c(c1)nc(CCNS(=O)(=O)c1cccc(Cl)c1)n2C. The van der Waals surface area contributed by atoms with E-state index in [4.69, 9.17) is 16.3 Å². The first-order chi connectivity index (χ1) is 11.9. The third-order valence-corrected chi connectivity index (χ3v) is 5.62. The second kappa shape index (κ2) is 7.03. The maximum absolute atomic E-state index is 12.3. The molecule has 0 saturated carbocycles. The van der Waals surface area contributed by atoms with Crippen LogP contribution in [0.5, 0.6) is 5.75 Å². The predicted molar refractivity (Wildman–Crippen MR) is 97.6 cm³/mol. The standard InChI is InChI=1S/C17H18ClN3O3S/c1-21-16-7-6-13(24-2)11-15(16)20-17(21)8-9-19-25(22,23)14-5-3-4-12(18)10-14/h3-7,10-11,19H,8-9H2,1-2H3. The fourth-order valence-electron chi connectivity index (χ4n) is 2.59. The number of nitrogens with zero attached hydrogens (tertiary/aromatic N) is 2. The van der Waals surface area contributed by atoms with Gasteiger partial charge in [0.2, 0.25) is 10.0 Å². The second-order valence-electron chi connectivity index (χ2n) is 5.55. The van der Waals surface area contributed by atoms with Crippen LogP contribution >= 0.6 is 11.6 Å². The number of nitrogens with one attached hydrogen (secondary N) is 1. The molecule has 0 aliphatic heterocycles. The van der Waals surface area contributed by atoms with E-state index in [1.165, 1.54) is 12.1 Å². The fourth-order valence-corrected chi connectivity index (χ4v) is 3.93. The van der Waals surface area contributed by atoms with Crippen LogP contribution in [-0.2, 0) is 23.5 Å². The zero-order valence-electron chi connectivity index (χ0n) is 13.9. The van der Waals surface area contributed by atoms with Gasteiger partial charge in [-0.3, -0.25) is 0 Å². The Morgan fingerprint density at radius 1 is 1.24 bits per heavy atom. The number of hydrogen-bond donors (Lipinski definition) is 1. The summed E-state index contributed by atoms with van der Waals surface area (Å²) in [5.74, 6) is 1.52. The molecule has 3 aromatic rings. The summed E-state index contributed by atoms with van der Waals surface area (Å²) in [4.78, 5) is 4.70. The van der Waals surface area contributed by atoms with Gasteiger partial charge in [-0.05, 0) is 30.3 Å². The van der Waals surface area contributed by atoms with E-state index in [2.05, 4.69) is 9.71 Å². The van der Waals surface area contributed by atoms with Gasteiger partial charge in [0.05, 0.1) is 23.0 Å². The van der Waals surface area contributed by atoms with Crippen LogP contribution in [0.2, 0.25) is 5.02 Å². The van der Waals surface area contributed by atoms with Crippen molar-refractivity contribution in [2.24, 2.45) is 7.05 Å². The molecule has 0 aliphatic rings. The number of imidazole rings is 1. The summed E-state index contributed by atoms with van der Waals surface area (Å²) in [6, 6.07) is 11.8. The van der Waals surface area contributed by atoms with E-state index < -0.39 is 10.0 Å². The van der Waals surface area contributed by atoms with Gasteiger partial charge in [-0.1, -0.05) is 17.7 Å². The van der Waals surface area contributed by atoms with Crippen molar-refractivity contribution >= 4 is 32.7 Å². The number of aromatic nitrogens is 2. The molecule has 1 aromatic heterocycles. The Kier molecular flexibility index (Phi) is 4.99. The molecule has 1 heterocycles. The molecule has 0 unspecified atom stereocenters. The van der Waals surface area contributed by atoms with Crippen LogP contribution in [0.25, 0.3) is 11.0 Å². The number of rotatable bonds is 6. The number of benzene rings is 2. The lowest BCUT2D eigenvalue weighted by Crippen LogP contribution is -2.26. The highest BCUT2D eigenvalue weighted by atomic mass is 35.5. The molecule has 8 heteroatoms. The minimum absolute atomic E-state index is 0.148. The van der Waals surface area contributed by atoms with Crippen molar-refractivity contribution in [3.05, 3.63) is 53.3 Å². The number of ether oxygens (including phenoxy) is 1. The predicted octanol–water partition coefficient (Wildman–Crippen LogP) is 2.76. The average Bonchev–Trinajstić information content (AvgIpc) is 2.90. The van der Waals surface area contributed by atoms with Gasteiger partial charge in [0.15, 0.2) is 0 Å². The molecule has 0 fully saturated rings. The number of halogens is 1. The Balaban J connectivity index is 1.73. The number of fused-ring (bicyclic) bond motifs is 1. The van der Waals surface area contributed by atoms with Crippen LogP contribution < -0.4 is 9.46 Å². The first kappa shape index (κ1) is 17.7. The van der Waals surface area contributed by atoms with Crippen LogP contribution in [0, 0.1) is 0 Å². The van der Waals surface area contributed by atoms with Crippen LogP contribution in [0.1, 0.15) is 5.82 Å². The second-order valence-corrected chi connectivity index (χ2v) is 7.75. The summed E-state index contributed by atoms with van der Waals surface area (Å²) in [7, 11) is -0.0858. The molecule has 2 aromatic carbocycles. The minimum atomic E-state index is -3.60. The van der Waals surface area contributed by atoms with E-state index in [9.17, 15) is 8.42 Å². The van der Waals surface area contributed by atoms with Crippen LogP contribution in [0.3, 0.4) is 0 Å². The molecular formula is C17H18ClN3O3S. The summed E-state index contributed by atoms with van der Waals surface area (Å²) >= 11 is 5.86. The topological polar surface area (TPSA) is 73.2 Å². The minimum Gasteiger partial charge on any atom is -0.497 e. The van der Waals surface area contributed by atoms with E-state index >= 15 is 0 Å². The van der Waals surface area contributed by atoms with Crippen molar-refractivity contribution < 1.29 is 13.2 Å². The third kappa shape index (κ3) is 3.78. The highest BCUT2D eigenvalue weighted by Crippen LogP contribution is 2.21. The van der Waals surface area contributed by atoms with Gasteiger partial charge in [0, 0.05) is 31.1 Å². The zero-order chi connectivity index (χ0) is 18.0. The van der Waals surface area contributed by atoms with Crippen LogP contribution in [0.15, 0.2) is 47.4 Å². The lowest BCUT2D eigenvalue weighted by molar-refractivity contribution is 0.415. The van der Waals surface area contributed by atoms with Gasteiger partial charge in [-0.15, -0.1) is 0 Å². The molecule has 0 spiro atoms. The largest absolute Gasteiger partial charge is 0.497 e. The van der Waals surface area contributed by atoms with Gasteiger partial charge in [-0.25, -0.2) is 18.1 Å². The Labute approximate surface area is 151 Å². The van der Waals surface area contributed by atoms with Crippen LogP contribution in [-0.4, -0.2) is 31.6 Å². The Morgan fingerprint density at radius 2 is 2.04 bits per heavy atom. The Hall–Kier alpha value is -2.09.